The first kappa shape index (κ1) is 51.7. The molecule has 0 saturated heterocycles. The van der Waals surface area contributed by atoms with Crippen molar-refractivity contribution in [3.05, 3.63) is 158 Å². The molecule has 0 aliphatic heterocycles. The van der Waals surface area contributed by atoms with Crippen LogP contribution in [0.15, 0.2) is 102 Å². The molecule has 0 atom stereocenters. The van der Waals surface area contributed by atoms with Gasteiger partial charge in [-0.2, -0.15) is 26.3 Å². The number of hydrogen-bond donors (Lipinski definition) is 5. The van der Waals surface area contributed by atoms with Crippen LogP contribution in [0.3, 0.4) is 0 Å². The van der Waals surface area contributed by atoms with E-state index in [1.807, 2.05) is 0 Å². The van der Waals surface area contributed by atoms with Crippen molar-refractivity contribution in [2.75, 3.05) is 24.9 Å². The molecule has 0 spiro atoms. The lowest BCUT2D eigenvalue weighted by Gasteiger charge is -2.16. The summed E-state index contributed by atoms with van der Waals surface area (Å²) in [5.74, 6) is -10.1. The summed E-state index contributed by atoms with van der Waals surface area (Å²) >= 11 is 2.81. The van der Waals surface area contributed by atoms with Gasteiger partial charge in [0.05, 0.1) is 54.4 Å². The molecule has 0 radical (unpaired) electrons. The highest BCUT2D eigenvalue weighted by Crippen LogP contribution is 2.38. The normalized spacial score (nSPS) is 10.9. The number of primary amides is 2. The Labute approximate surface area is 378 Å². The Morgan fingerprint density at radius 2 is 1.06 bits per heavy atom. The van der Waals surface area contributed by atoms with Crippen molar-refractivity contribution in [1.29, 1.82) is 0 Å². The number of rotatable bonds is 10. The fourth-order valence-electron chi connectivity index (χ4n) is 5.19. The topological polar surface area (TPSA) is 218 Å². The van der Waals surface area contributed by atoms with Crippen LogP contribution in [0.2, 0.25) is 0 Å². The number of pyridine rings is 2. The van der Waals surface area contributed by atoms with Gasteiger partial charge in [0, 0.05) is 28.0 Å². The molecule has 0 unspecified atom stereocenters. The molecule has 352 valence electrons. The van der Waals surface area contributed by atoms with Gasteiger partial charge in [0.25, 0.3) is 23.6 Å². The maximum atomic E-state index is 14.8. The van der Waals surface area contributed by atoms with E-state index in [9.17, 15) is 63.1 Å². The van der Waals surface area contributed by atoms with Crippen molar-refractivity contribution in [3.63, 3.8) is 0 Å². The molecule has 4 aromatic carbocycles. The number of anilines is 2. The number of alkyl halides is 6. The third-order valence-electron chi connectivity index (χ3n) is 8.32. The molecular weight excluding hydrogens is 986 g/mol. The zero-order valence-electron chi connectivity index (χ0n) is 33.7. The average Bonchev–Trinajstić information content (AvgIpc) is 3.25. The quantitative estimate of drug-likeness (QED) is 0.0819. The van der Waals surface area contributed by atoms with Crippen LogP contribution in [0.5, 0.6) is 29.0 Å². The van der Waals surface area contributed by atoms with E-state index in [1.165, 1.54) is 38.6 Å². The van der Waals surface area contributed by atoms with Gasteiger partial charge in [-0.25, -0.2) is 27.5 Å². The molecule has 2 aromatic heterocycles. The highest BCUT2D eigenvalue weighted by atomic mass is 79.9. The van der Waals surface area contributed by atoms with Crippen molar-refractivity contribution in [2.24, 2.45) is 11.5 Å². The van der Waals surface area contributed by atoms with E-state index in [1.54, 1.807) is 6.07 Å². The number of amides is 4. The van der Waals surface area contributed by atoms with Crippen molar-refractivity contribution < 1.29 is 82.4 Å². The molecule has 0 aliphatic carbocycles. The molecule has 2 heterocycles. The van der Waals surface area contributed by atoms with E-state index in [4.69, 9.17) is 30.8 Å². The van der Waals surface area contributed by atoms with Crippen LogP contribution in [0.25, 0.3) is 0 Å². The first-order valence-electron chi connectivity index (χ1n) is 18.0. The first-order valence-corrected chi connectivity index (χ1v) is 18.8. The van der Waals surface area contributed by atoms with E-state index in [0.717, 1.165) is 54.7 Å². The third-order valence-corrected chi connectivity index (χ3v) is 8.98. The van der Waals surface area contributed by atoms with Crippen molar-refractivity contribution in [1.82, 2.24) is 9.97 Å². The zero-order chi connectivity index (χ0) is 50.0. The highest BCUT2D eigenvalue weighted by Gasteiger charge is 2.38. The Kier molecular flexibility index (Phi) is 16.8. The monoisotopic (exact) mass is 1010 g/mol. The van der Waals surface area contributed by atoms with Gasteiger partial charge in [0.2, 0.25) is 11.8 Å². The fraction of sp³-hybridized carbons (Fsp3) is 0.0952. The van der Waals surface area contributed by atoms with Crippen LogP contribution in [0, 0.1) is 23.3 Å². The number of aromatic hydroxyl groups is 1. The van der Waals surface area contributed by atoms with Gasteiger partial charge in [-0.1, -0.05) is 0 Å². The highest BCUT2D eigenvalue weighted by molar-refractivity contribution is 9.10. The lowest BCUT2D eigenvalue weighted by molar-refractivity contribution is -0.140. The summed E-state index contributed by atoms with van der Waals surface area (Å²) in [6, 6.07) is 13.8. The van der Waals surface area contributed by atoms with Gasteiger partial charge in [0.15, 0.2) is 5.82 Å². The molecule has 67 heavy (non-hydrogen) atoms. The number of hydrogen-bond acceptors (Lipinski definition) is 10. The van der Waals surface area contributed by atoms with Crippen LogP contribution < -0.4 is 36.3 Å². The van der Waals surface area contributed by atoms with Gasteiger partial charge >= 0.3 is 12.4 Å². The number of aromatic nitrogens is 2. The Bertz CT molecular complexity index is 2800. The molecule has 0 bridgehead atoms. The second kappa shape index (κ2) is 21.8. The Morgan fingerprint density at radius 3 is 1.48 bits per heavy atom. The number of nitrogens with two attached hydrogens (primary N) is 2. The van der Waals surface area contributed by atoms with Crippen molar-refractivity contribution in [2.45, 2.75) is 12.4 Å². The third kappa shape index (κ3) is 13.5. The number of benzene rings is 4. The predicted octanol–water partition coefficient (Wildman–Crippen LogP) is 9.42. The summed E-state index contributed by atoms with van der Waals surface area (Å²) in [5, 5.41) is 12.9. The number of nitrogens with one attached hydrogen (secondary N) is 2. The maximum Gasteiger partial charge on any atom is 0.419 e. The minimum Gasteiger partial charge on any atom is -0.506 e. The summed E-state index contributed by atoms with van der Waals surface area (Å²) in [7, 11) is 2.88. The first-order chi connectivity index (χ1) is 31.4. The van der Waals surface area contributed by atoms with Gasteiger partial charge in [0.1, 0.15) is 40.3 Å². The van der Waals surface area contributed by atoms with E-state index < -0.39 is 98.4 Å². The lowest BCUT2D eigenvalue weighted by Crippen LogP contribution is -2.19. The van der Waals surface area contributed by atoms with Gasteiger partial charge < -0.3 is 41.4 Å². The number of nitrogens with zero attached hydrogens (tertiary/aromatic N) is 2. The van der Waals surface area contributed by atoms with Gasteiger partial charge in [-0.3, -0.25) is 19.2 Å². The fourth-order valence-corrected chi connectivity index (χ4v) is 5.68. The van der Waals surface area contributed by atoms with Gasteiger partial charge in [-0.15, -0.1) is 0 Å². The van der Waals surface area contributed by atoms with Crippen molar-refractivity contribution in [3.8, 4) is 29.0 Å². The molecule has 4 amide bonds. The number of methoxy groups -OCH3 is 2. The van der Waals surface area contributed by atoms with Crippen LogP contribution in [-0.2, 0) is 12.4 Å². The standard InChI is InChI=1S/C21H14F5N3O4.C15H8BrF5N2O2.C6H7NO2/c1-32-16-7-3-11(9-28-16)33-15-6-4-13(21(24,25)26)18(23)17(15)20(31)29-10-2-5-14(22)12(8-10)19(27)30;16-9-3-2-8(15(19,20)21)12(18)11(9)14(25)23-6-1-4-10(17)7(5-6)13(22)24;1-9-6-3-2-5(8)4-7-6/h2-9H,1H3,(H2,27,30)(H,29,31);1-5H,(H2,22,24)(H,23,25);2-4,8H,1H3. The van der Waals surface area contributed by atoms with Crippen LogP contribution in [0.4, 0.5) is 55.3 Å². The van der Waals surface area contributed by atoms with Crippen LogP contribution in [-0.4, -0.2) is 52.9 Å². The predicted molar refractivity (Wildman–Crippen MR) is 220 cm³/mol. The minimum atomic E-state index is -5.10. The number of halogens is 11. The van der Waals surface area contributed by atoms with E-state index >= 15 is 0 Å². The SMILES string of the molecule is COc1ccc(O)cn1.COc1ccc(Oc2ccc(C(F)(F)F)c(F)c2C(=O)Nc2ccc(F)c(C(N)=O)c2)cn1.NC(=O)c1cc(NC(=O)c2c(Br)ccc(C(F)(F)F)c2F)ccc1F. The maximum absolute atomic E-state index is 14.8. The smallest absolute Gasteiger partial charge is 0.419 e. The van der Waals surface area contributed by atoms with Crippen LogP contribution >= 0.6 is 15.9 Å². The summed E-state index contributed by atoms with van der Waals surface area (Å²) in [5.41, 5.74) is 3.22. The molecule has 25 heteroatoms. The molecular formula is C42H29BrF10N6O8. The molecule has 0 fully saturated rings. The summed E-state index contributed by atoms with van der Waals surface area (Å²) in [4.78, 5) is 54.8. The summed E-state index contributed by atoms with van der Waals surface area (Å²) in [6.07, 6.45) is -7.61. The van der Waals surface area contributed by atoms with Gasteiger partial charge in [-0.05, 0) is 88.7 Å². The lowest BCUT2D eigenvalue weighted by atomic mass is 10.1. The Hall–Kier alpha value is -7.96. The summed E-state index contributed by atoms with van der Waals surface area (Å²) < 4.78 is 149. The number of carbonyl (C=O) groups excluding carboxylic acids is 4. The Morgan fingerprint density at radius 1 is 0.612 bits per heavy atom. The molecule has 7 N–H and O–H groups in total. The molecule has 6 rings (SSSR count). The Balaban J connectivity index is 0.000000253. The zero-order valence-corrected chi connectivity index (χ0v) is 35.3. The second-order valence-electron chi connectivity index (χ2n) is 12.8. The average molecular weight is 1020 g/mol. The molecule has 6 aromatic rings. The number of carbonyl (C=O) groups is 4. The van der Waals surface area contributed by atoms with E-state index in [2.05, 4.69) is 36.5 Å². The molecule has 0 aliphatic rings. The largest absolute Gasteiger partial charge is 0.506 e. The number of ether oxygens (including phenoxy) is 3. The second-order valence-corrected chi connectivity index (χ2v) is 13.7. The van der Waals surface area contributed by atoms with Crippen LogP contribution in [0.1, 0.15) is 52.6 Å². The van der Waals surface area contributed by atoms with Crippen molar-refractivity contribution >= 4 is 50.9 Å². The molecule has 0 saturated carbocycles. The minimum absolute atomic E-state index is 0.0261. The molecule has 14 nitrogen and oxygen atoms in total. The summed E-state index contributed by atoms with van der Waals surface area (Å²) in [6.45, 7) is 0. The van der Waals surface area contributed by atoms with E-state index in [-0.39, 0.29) is 33.2 Å². The van der Waals surface area contributed by atoms with E-state index in [0.29, 0.717) is 18.0 Å².